The largest absolute Gasteiger partial charge is 0.504 e. The standard InChI is InChI=1S/C9H11ClN2O5/c10-7-1-5(12(16)17)2-8(9(7)15)11-3-6(14)4-13/h1-2,6,11,13-15H,3-4H2. The third-order valence-electron chi connectivity index (χ3n) is 2.00. The third kappa shape index (κ3) is 3.45. The summed E-state index contributed by atoms with van der Waals surface area (Å²) in [4.78, 5) is 9.91. The Morgan fingerprint density at radius 1 is 1.53 bits per heavy atom. The van der Waals surface area contributed by atoms with Crippen molar-refractivity contribution < 1.29 is 20.2 Å². The zero-order valence-corrected chi connectivity index (χ0v) is 9.39. The van der Waals surface area contributed by atoms with Crippen molar-refractivity contribution in [1.82, 2.24) is 0 Å². The molecule has 0 radical (unpaired) electrons. The predicted molar refractivity (Wildman–Crippen MR) is 61.4 cm³/mol. The SMILES string of the molecule is O=[N+]([O-])c1cc(Cl)c(O)c(NCC(O)CO)c1. The van der Waals surface area contributed by atoms with Crippen LogP contribution in [0.5, 0.6) is 5.75 Å². The van der Waals surface area contributed by atoms with Crippen LogP contribution in [0.3, 0.4) is 0 Å². The molecule has 7 nitrogen and oxygen atoms in total. The summed E-state index contributed by atoms with van der Waals surface area (Å²) in [5.41, 5.74) is -0.259. The van der Waals surface area contributed by atoms with Gasteiger partial charge in [-0.3, -0.25) is 10.1 Å². The van der Waals surface area contributed by atoms with Gasteiger partial charge < -0.3 is 20.6 Å². The number of nitrogens with zero attached hydrogens (tertiary/aromatic N) is 1. The molecule has 94 valence electrons. The smallest absolute Gasteiger partial charge is 0.273 e. The molecule has 4 N–H and O–H groups in total. The number of nitro groups is 1. The second-order valence-electron chi connectivity index (χ2n) is 3.30. The molecule has 0 spiro atoms. The molecule has 1 aromatic carbocycles. The van der Waals surface area contributed by atoms with Gasteiger partial charge in [0.25, 0.3) is 5.69 Å². The van der Waals surface area contributed by atoms with Crippen LogP contribution in [0.15, 0.2) is 12.1 Å². The fourth-order valence-electron chi connectivity index (χ4n) is 1.12. The number of benzene rings is 1. The van der Waals surface area contributed by atoms with Gasteiger partial charge in [0, 0.05) is 18.7 Å². The Morgan fingerprint density at radius 3 is 2.71 bits per heavy atom. The summed E-state index contributed by atoms with van der Waals surface area (Å²) in [7, 11) is 0. The van der Waals surface area contributed by atoms with Crippen molar-refractivity contribution in [1.29, 1.82) is 0 Å². The molecule has 1 rings (SSSR count). The minimum absolute atomic E-state index is 0.0247. The van der Waals surface area contributed by atoms with Crippen molar-refractivity contribution in [2.75, 3.05) is 18.5 Å². The highest BCUT2D eigenvalue weighted by Gasteiger charge is 2.15. The fraction of sp³-hybridized carbons (Fsp3) is 0.333. The van der Waals surface area contributed by atoms with Gasteiger partial charge >= 0.3 is 0 Å². The maximum Gasteiger partial charge on any atom is 0.273 e. The Kier molecular flexibility index (Phi) is 4.50. The highest BCUT2D eigenvalue weighted by Crippen LogP contribution is 2.35. The molecule has 17 heavy (non-hydrogen) atoms. The zero-order chi connectivity index (χ0) is 13.0. The first-order chi connectivity index (χ1) is 7.95. The van der Waals surface area contributed by atoms with E-state index in [-0.39, 0.29) is 28.7 Å². The molecule has 0 aromatic heterocycles. The highest BCUT2D eigenvalue weighted by molar-refractivity contribution is 6.32. The van der Waals surface area contributed by atoms with E-state index in [0.717, 1.165) is 12.1 Å². The number of phenols is 1. The molecular weight excluding hydrogens is 252 g/mol. The molecule has 1 unspecified atom stereocenters. The van der Waals surface area contributed by atoms with E-state index < -0.39 is 17.6 Å². The minimum Gasteiger partial charge on any atom is -0.504 e. The number of anilines is 1. The van der Waals surface area contributed by atoms with Crippen molar-refractivity contribution >= 4 is 23.0 Å². The number of phenolic OH excluding ortho intramolecular Hbond substituents is 1. The summed E-state index contributed by atoms with van der Waals surface area (Å²) in [5.74, 6) is -0.345. The van der Waals surface area contributed by atoms with Crippen LogP contribution in [0, 0.1) is 10.1 Å². The Balaban J connectivity index is 2.93. The summed E-state index contributed by atoms with van der Waals surface area (Å²) in [5, 5.41) is 40.2. The first-order valence-corrected chi connectivity index (χ1v) is 5.03. The lowest BCUT2D eigenvalue weighted by atomic mass is 10.2. The van der Waals surface area contributed by atoms with Gasteiger partial charge in [-0.2, -0.15) is 0 Å². The van der Waals surface area contributed by atoms with Crippen molar-refractivity contribution in [2.45, 2.75) is 6.10 Å². The van der Waals surface area contributed by atoms with E-state index in [1.807, 2.05) is 0 Å². The van der Waals surface area contributed by atoms with Gasteiger partial charge in [0.15, 0.2) is 5.75 Å². The Hall–Kier alpha value is -1.57. The molecule has 0 bridgehead atoms. The molecule has 0 heterocycles. The maximum atomic E-state index is 10.6. The molecule has 0 aliphatic rings. The lowest BCUT2D eigenvalue weighted by Crippen LogP contribution is -2.23. The van der Waals surface area contributed by atoms with E-state index in [4.69, 9.17) is 21.8 Å². The molecule has 0 fully saturated rings. The molecule has 1 aromatic rings. The predicted octanol–water partition coefficient (Wildman–Crippen LogP) is 0.719. The third-order valence-corrected chi connectivity index (χ3v) is 2.29. The van der Waals surface area contributed by atoms with E-state index in [0.29, 0.717) is 0 Å². The second-order valence-corrected chi connectivity index (χ2v) is 3.71. The highest BCUT2D eigenvalue weighted by atomic mass is 35.5. The fourth-order valence-corrected chi connectivity index (χ4v) is 1.33. The topological polar surface area (TPSA) is 116 Å². The summed E-state index contributed by atoms with van der Waals surface area (Å²) in [6.07, 6.45) is -1.03. The van der Waals surface area contributed by atoms with Crippen LogP contribution >= 0.6 is 11.6 Å². The monoisotopic (exact) mass is 262 g/mol. The Bertz CT molecular complexity index is 426. The molecule has 1 atom stereocenters. The lowest BCUT2D eigenvalue weighted by Gasteiger charge is -2.12. The number of aliphatic hydroxyl groups excluding tert-OH is 2. The van der Waals surface area contributed by atoms with Gasteiger partial charge in [-0.05, 0) is 0 Å². The summed E-state index contributed by atoms with van der Waals surface area (Å²) >= 11 is 5.61. The minimum atomic E-state index is -1.03. The van der Waals surface area contributed by atoms with Gasteiger partial charge in [-0.15, -0.1) is 0 Å². The van der Waals surface area contributed by atoms with Crippen LogP contribution in [0.25, 0.3) is 0 Å². The van der Waals surface area contributed by atoms with E-state index in [2.05, 4.69) is 5.32 Å². The van der Waals surface area contributed by atoms with E-state index in [9.17, 15) is 15.2 Å². The Morgan fingerprint density at radius 2 is 2.18 bits per heavy atom. The second kappa shape index (κ2) is 5.67. The normalized spacial score (nSPS) is 12.2. The number of aliphatic hydroxyl groups is 2. The van der Waals surface area contributed by atoms with Crippen LogP contribution in [-0.2, 0) is 0 Å². The number of hydrogen-bond donors (Lipinski definition) is 4. The first kappa shape index (κ1) is 13.5. The number of halogens is 1. The summed E-state index contributed by atoms with van der Waals surface area (Å²) in [6, 6.07) is 2.11. The van der Waals surface area contributed by atoms with Crippen LogP contribution in [0.4, 0.5) is 11.4 Å². The molecule has 0 amide bonds. The van der Waals surface area contributed by atoms with Crippen LogP contribution in [-0.4, -0.2) is 39.5 Å². The Labute approximate surface area is 101 Å². The summed E-state index contributed by atoms with van der Waals surface area (Å²) in [6.45, 7) is -0.530. The molecule has 0 aliphatic carbocycles. The van der Waals surface area contributed by atoms with Gasteiger partial charge in [-0.1, -0.05) is 11.6 Å². The van der Waals surface area contributed by atoms with Crippen LogP contribution in [0.2, 0.25) is 5.02 Å². The van der Waals surface area contributed by atoms with Crippen molar-refractivity contribution in [2.24, 2.45) is 0 Å². The number of hydrogen-bond acceptors (Lipinski definition) is 6. The molecule has 0 saturated carbocycles. The van der Waals surface area contributed by atoms with E-state index in [1.165, 1.54) is 0 Å². The number of nitrogens with one attached hydrogen (secondary N) is 1. The van der Waals surface area contributed by atoms with Crippen LogP contribution < -0.4 is 5.32 Å². The average Bonchev–Trinajstić information content (AvgIpc) is 2.30. The van der Waals surface area contributed by atoms with Crippen LogP contribution in [0.1, 0.15) is 0 Å². The van der Waals surface area contributed by atoms with Crippen molar-refractivity contribution in [3.63, 3.8) is 0 Å². The molecule has 8 heteroatoms. The quantitative estimate of drug-likeness (QED) is 0.353. The van der Waals surface area contributed by atoms with Gasteiger partial charge in [0.05, 0.1) is 28.3 Å². The van der Waals surface area contributed by atoms with E-state index >= 15 is 0 Å². The lowest BCUT2D eigenvalue weighted by molar-refractivity contribution is -0.384. The number of aromatic hydroxyl groups is 1. The van der Waals surface area contributed by atoms with Gasteiger partial charge in [-0.25, -0.2) is 0 Å². The van der Waals surface area contributed by atoms with Crippen molar-refractivity contribution in [3.8, 4) is 5.75 Å². The van der Waals surface area contributed by atoms with E-state index in [1.54, 1.807) is 0 Å². The van der Waals surface area contributed by atoms with Crippen molar-refractivity contribution in [3.05, 3.63) is 27.3 Å². The first-order valence-electron chi connectivity index (χ1n) is 4.65. The maximum absolute atomic E-state index is 10.6. The number of rotatable bonds is 5. The van der Waals surface area contributed by atoms with Gasteiger partial charge in [0.2, 0.25) is 0 Å². The molecule has 0 saturated heterocycles. The average molecular weight is 263 g/mol. The van der Waals surface area contributed by atoms with Gasteiger partial charge in [0.1, 0.15) is 0 Å². The number of non-ortho nitro benzene ring substituents is 1. The molecular formula is C9H11ClN2O5. The zero-order valence-electron chi connectivity index (χ0n) is 8.63. The summed E-state index contributed by atoms with van der Waals surface area (Å²) < 4.78 is 0. The molecule has 0 aliphatic heterocycles. The number of nitro benzene ring substituents is 1.